The number of methoxy groups -OCH3 is 2. The summed E-state index contributed by atoms with van der Waals surface area (Å²) >= 11 is 1.39. The molecule has 0 saturated carbocycles. The second kappa shape index (κ2) is 10.7. The minimum Gasteiger partial charge on any atom is -0.497 e. The van der Waals surface area contributed by atoms with E-state index in [0.29, 0.717) is 17.6 Å². The molecule has 2 aromatic carbocycles. The molecule has 0 spiro atoms. The van der Waals surface area contributed by atoms with Gasteiger partial charge in [-0.1, -0.05) is 42.1 Å². The third-order valence-electron chi connectivity index (χ3n) is 5.70. The first-order valence-corrected chi connectivity index (χ1v) is 12.0. The molecule has 4 rings (SSSR count). The number of aromatic nitrogens is 4. The molecule has 176 valence electrons. The van der Waals surface area contributed by atoms with Crippen LogP contribution in [-0.2, 0) is 11.3 Å². The number of ketones is 1. The predicted molar refractivity (Wildman–Crippen MR) is 134 cm³/mol. The Morgan fingerprint density at radius 3 is 2.53 bits per heavy atom. The number of benzene rings is 2. The van der Waals surface area contributed by atoms with Crippen LogP contribution in [0.15, 0.2) is 65.8 Å². The number of hydrogen-bond donors (Lipinski definition) is 0. The molecule has 8 heteroatoms. The van der Waals surface area contributed by atoms with E-state index in [9.17, 15) is 4.79 Å². The van der Waals surface area contributed by atoms with Crippen LogP contribution in [0.5, 0.6) is 5.75 Å². The molecule has 2 aromatic heterocycles. The molecular formula is C26H28N4O3S. The number of carbonyl (C=O) groups is 1. The van der Waals surface area contributed by atoms with Crippen molar-refractivity contribution in [3.8, 4) is 22.8 Å². The van der Waals surface area contributed by atoms with Gasteiger partial charge in [0.2, 0.25) is 0 Å². The smallest absolute Gasteiger partial charge is 0.196 e. The lowest BCUT2D eigenvalue weighted by Crippen LogP contribution is -2.10. The number of thioether (sulfide) groups is 1. The molecule has 4 aromatic rings. The van der Waals surface area contributed by atoms with Gasteiger partial charge in [-0.05, 0) is 44.2 Å². The van der Waals surface area contributed by atoms with Gasteiger partial charge < -0.3 is 14.0 Å². The molecule has 0 aliphatic carbocycles. The molecule has 0 bridgehead atoms. The summed E-state index contributed by atoms with van der Waals surface area (Å²) in [6, 6.07) is 19.6. The molecule has 0 radical (unpaired) electrons. The molecule has 0 amide bonds. The molecule has 0 fully saturated rings. The van der Waals surface area contributed by atoms with Gasteiger partial charge in [0.1, 0.15) is 5.75 Å². The molecule has 34 heavy (non-hydrogen) atoms. The first-order valence-electron chi connectivity index (χ1n) is 11.0. The van der Waals surface area contributed by atoms with Crippen molar-refractivity contribution in [3.63, 3.8) is 0 Å². The zero-order valence-electron chi connectivity index (χ0n) is 19.8. The Balaban J connectivity index is 1.63. The van der Waals surface area contributed by atoms with Gasteiger partial charge in [-0.25, -0.2) is 0 Å². The van der Waals surface area contributed by atoms with Crippen LogP contribution in [0.3, 0.4) is 0 Å². The highest BCUT2D eigenvalue weighted by molar-refractivity contribution is 7.99. The Morgan fingerprint density at radius 1 is 1.00 bits per heavy atom. The highest BCUT2D eigenvalue weighted by Crippen LogP contribution is 2.30. The zero-order chi connectivity index (χ0) is 24.1. The van der Waals surface area contributed by atoms with Crippen LogP contribution in [0.2, 0.25) is 0 Å². The van der Waals surface area contributed by atoms with Crippen LogP contribution in [0.1, 0.15) is 21.7 Å². The van der Waals surface area contributed by atoms with Gasteiger partial charge in [0.25, 0.3) is 0 Å². The Bertz CT molecular complexity index is 1280. The quantitative estimate of drug-likeness (QED) is 0.237. The average molecular weight is 477 g/mol. The lowest BCUT2D eigenvalue weighted by Gasteiger charge is -2.11. The van der Waals surface area contributed by atoms with Crippen LogP contribution in [0, 0.1) is 13.8 Å². The van der Waals surface area contributed by atoms with Gasteiger partial charge in [0.05, 0.1) is 19.5 Å². The van der Waals surface area contributed by atoms with Crippen molar-refractivity contribution in [1.82, 2.24) is 19.3 Å². The lowest BCUT2D eigenvalue weighted by molar-refractivity contribution is 0.102. The summed E-state index contributed by atoms with van der Waals surface area (Å²) in [5, 5.41) is 9.56. The number of aryl methyl sites for hydroxylation is 1. The van der Waals surface area contributed by atoms with Crippen molar-refractivity contribution >= 4 is 17.5 Å². The first kappa shape index (κ1) is 23.8. The third-order valence-corrected chi connectivity index (χ3v) is 6.63. The maximum absolute atomic E-state index is 13.1. The molecule has 0 N–H and O–H groups in total. The Kier molecular flexibility index (Phi) is 7.49. The lowest BCUT2D eigenvalue weighted by atomic mass is 10.2. The summed E-state index contributed by atoms with van der Waals surface area (Å²) in [7, 11) is 3.32. The summed E-state index contributed by atoms with van der Waals surface area (Å²) in [6.45, 7) is 5.32. The molecule has 2 heterocycles. The molecule has 0 unspecified atom stereocenters. The number of carbonyl (C=O) groups excluding carboxylic acids is 1. The zero-order valence-corrected chi connectivity index (χ0v) is 20.6. The van der Waals surface area contributed by atoms with Crippen molar-refractivity contribution in [2.75, 3.05) is 26.6 Å². The van der Waals surface area contributed by atoms with Crippen LogP contribution in [0.25, 0.3) is 17.1 Å². The van der Waals surface area contributed by atoms with Crippen LogP contribution >= 0.6 is 11.8 Å². The maximum atomic E-state index is 13.1. The standard InChI is InChI=1S/C26H28N4O3S/c1-18-15-23(19(2)29(18)13-14-32-3)24(31)17-34-26-28-27-25(20-9-8-12-22(16-20)33-4)30(26)21-10-6-5-7-11-21/h5-12,15-16H,13-14,17H2,1-4H3. The average Bonchev–Trinajstić information content (AvgIpc) is 3.42. The van der Waals surface area contributed by atoms with Gasteiger partial charge in [-0.3, -0.25) is 9.36 Å². The summed E-state index contributed by atoms with van der Waals surface area (Å²) in [6.07, 6.45) is 0. The number of Topliss-reactive ketones (excluding diaryl/α,β-unsaturated/α-hetero) is 1. The van der Waals surface area contributed by atoms with E-state index in [1.807, 2.05) is 79.1 Å². The predicted octanol–water partition coefficient (Wildman–Crippen LogP) is 4.98. The molecule has 0 atom stereocenters. The van der Waals surface area contributed by atoms with Gasteiger partial charge in [-0.15, -0.1) is 10.2 Å². The fraction of sp³-hybridized carbons (Fsp3) is 0.269. The molecule has 7 nitrogen and oxygen atoms in total. The monoisotopic (exact) mass is 476 g/mol. The minimum absolute atomic E-state index is 0.0623. The van der Waals surface area contributed by atoms with Gasteiger partial charge in [0, 0.05) is 41.9 Å². The molecule has 0 aliphatic rings. The number of nitrogens with zero attached hydrogens (tertiary/aromatic N) is 4. The fourth-order valence-electron chi connectivity index (χ4n) is 3.94. The number of para-hydroxylation sites is 1. The van der Waals surface area contributed by atoms with Crippen LogP contribution in [-0.4, -0.2) is 51.7 Å². The van der Waals surface area contributed by atoms with E-state index in [4.69, 9.17) is 9.47 Å². The van der Waals surface area contributed by atoms with E-state index in [-0.39, 0.29) is 11.5 Å². The van der Waals surface area contributed by atoms with Crippen molar-refractivity contribution in [3.05, 3.63) is 77.6 Å². The van der Waals surface area contributed by atoms with Crippen molar-refractivity contribution in [2.24, 2.45) is 0 Å². The van der Waals surface area contributed by atoms with E-state index in [0.717, 1.165) is 40.5 Å². The van der Waals surface area contributed by atoms with E-state index in [1.165, 1.54) is 11.8 Å². The van der Waals surface area contributed by atoms with Crippen LogP contribution < -0.4 is 4.74 Å². The van der Waals surface area contributed by atoms with Crippen LogP contribution in [0.4, 0.5) is 0 Å². The van der Waals surface area contributed by atoms with E-state index in [2.05, 4.69) is 14.8 Å². The normalized spacial score (nSPS) is 11.1. The number of ether oxygens (including phenoxy) is 2. The maximum Gasteiger partial charge on any atom is 0.196 e. The number of rotatable bonds is 10. The SMILES string of the molecule is COCCn1c(C)cc(C(=O)CSc2nnc(-c3cccc(OC)c3)n2-c2ccccc2)c1C. The van der Waals surface area contributed by atoms with Crippen molar-refractivity contribution in [1.29, 1.82) is 0 Å². The first-order chi connectivity index (χ1) is 16.5. The minimum atomic E-state index is 0.0623. The Morgan fingerprint density at radius 2 is 1.79 bits per heavy atom. The molecule has 0 aliphatic heterocycles. The van der Waals surface area contributed by atoms with Gasteiger partial charge in [-0.2, -0.15) is 0 Å². The van der Waals surface area contributed by atoms with E-state index >= 15 is 0 Å². The summed E-state index contributed by atoms with van der Waals surface area (Å²) < 4.78 is 14.7. The molecular weight excluding hydrogens is 448 g/mol. The van der Waals surface area contributed by atoms with Crippen molar-refractivity contribution < 1.29 is 14.3 Å². The highest BCUT2D eigenvalue weighted by Gasteiger charge is 2.20. The Labute approximate surface area is 203 Å². The highest BCUT2D eigenvalue weighted by atomic mass is 32.2. The molecule has 0 saturated heterocycles. The Hall–Kier alpha value is -3.36. The van der Waals surface area contributed by atoms with E-state index < -0.39 is 0 Å². The fourth-order valence-corrected chi connectivity index (χ4v) is 4.78. The summed E-state index contributed by atoms with van der Waals surface area (Å²) in [5.41, 5.74) is 4.56. The number of hydrogen-bond acceptors (Lipinski definition) is 6. The van der Waals surface area contributed by atoms with Crippen molar-refractivity contribution in [2.45, 2.75) is 25.5 Å². The summed E-state index contributed by atoms with van der Waals surface area (Å²) in [4.78, 5) is 13.1. The second-order valence-electron chi connectivity index (χ2n) is 7.85. The summed E-state index contributed by atoms with van der Waals surface area (Å²) in [5.74, 6) is 1.76. The van der Waals surface area contributed by atoms with Gasteiger partial charge >= 0.3 is 0 Å². The largest absolute Gasteiger partial charge is 0.497 e. The second-order valence-corrected chi connectivity index (χ2v) is 8.79. The third kappa shape index (κ3) is 4.93. The topological polar surface area (TPSA) is 71.2 Å². The van der Waals surface area contributed by atoms with Gasteiger partial charge in [0.15, 0.2) is 16.8 Å². The van der Waals surface area contributed by atoms with E-state index in [1.54, 1.807) is 14.2 Å².